The van der Waals surface area contributed by atoms with Crippen molar-refractivity contribution in [3.05, 3.63) is 0 Å². The van der Waals surface area contributed by atoms with Gasteiger partial charge in [-0.3, -0.25) is 4.90 Å². The lowest BCUT2D eigenvalue weighted by molar-refractivity contribution is 0.0310. The molecule has 0 saturated heterocycles. The van der Waals surface area contributed by atoms with E-state index in [-0.39, 0.29) is 0 Å². The van der Waals surface area contributed by atoms with Crippen LogP contribution in [0.5, 0.6) is 0 Å². The number of hydrogen-bond acceptors (Lipinski definition) is 2. The van der Waals surface area contributed by atoms with E-state index >= 15 is 0 Å². The summed E-state index contributed by atoms with van der Waals surface area (Å²) in [4.78, 5) is 2.57. The van der Waals surface area contributed by atoms with Gasteiger partial charge in [0.25, 0.3) is 0 Å². The number of hydrogen-bond donors (Lipinski definition) is 0. The normalized spacial score (nSPS) is 28.3. The van der Waals surface area contributed by atoms with Crippen LogP contribution in [0.3, 0.4) is 0 Å². The maximum Gasteiger partial charge on any atom is 0.0586 e. The maximum absolute atomic E-state index is 5.46. The molecule has 3 heteroatoms. The zero-order valence-corrected chi connectivity index (χ0v) is 10.9. The molecule has 1 saturated carbocycles. The molecule has 0 heterocycles. The summed E-state index contributed by atoms with van der Waals surface area (Å²) >= 11 is 3.52. The zero-order chi connectivity index (χ0) is 10.4. The summed E-state index contributed by atoms with van der Waals surface area (Å²) in [6, 6.07) is 0.747. The van der Waals surface area contributed by atoms with E-state index in [0.29, 0.717) is 6.10 Å². The molecule has 2 unspecified atom stereocenters. The lowest BCUT2D eigenvalue weighted by atomic mass is 9.91. The van der Waals surface area contributed by atoms with Crippen molar-refractivity contribution in [1.82, 2.24) is 4.90 Å². The van der Waals surface area contributed by atoms with Crippen molar-refractivity contribution in [1.29, 1.82) is 0 Å². The monoisotopic (exact) mass is 263 g/mol. The molecule has 84 valence electrons. The molecule has 0 aromatic carbocycles. The van der Waals surface area contributed by atoms with Gasteiger partial charge in [-0.15, -0.1) is 0 Å². The van der Waals surface area contributed by atoms with Crippen LogP contribution >= 0.6 is 15.9 Å². The summed E-state index contributed by atoms with van der Waals surface area (Å²) in [5, 5.41) is 1.08. The Balaban J connectivity index is 2.40. The van der Waals surface area contributed by atoms with Gasteiger partial charge in [-0.25, -0.2) is 0 Å². The van der Waals surface area contributed by atoms with Crippen LogP contribution in [0.4, 0.5) is 0 Å². The van der Waals surface area contributed by atoms with Crippen molar-refractivity contribution in [2.75, 3.05) is 25.5 Å². The second kappa shape index (κ2) is 6.81. The Morgan fingerprint density at radius 3 is 2.79 bits per heavy atom. The van der Waals surface area contributed by atoms with Crippen molar-refractivity contribution < 1.29 is 4.74 Å². The molecule has 14 heavy (non-hydrogen) atoms. The van der Waals surface area contributed by atoms with Gasteiger partial charge in [-0.2, -0.15) is 0 Å². The average molecular weight is 264 g/mol. The largest absolute Gasteiger partial charge is 0.381 e. The van der Waals surface area contributed by atoms with Crippen LogP contribution in [0.15, 0.2) is 0 Å². The van der Waals surface area contributed by atoms with Crippen molar-refractivity contribution >= 4 is 15.9 Å². The molecule has 0 spiro atoms. The highest BCUT2D eigenvalue weighted by Crippen LogP contribution is 2.24. The third kappa shape index (κ3) is 3.52. The quantitative estimate of drug-likeness (QED) is 0.708. The fraction of sp³-hybridized carbons (Fsp3) is 1.00. The van der Waals surface area contributed by atoms with Gasteiger partial charge >= 0.3 is 0 Å². The van der Waals surface area contributed by atoms with Gasteiger partial charge in [0.1, 0.15) is 0 Å². The first kappa shape index (κ1) is 12.5. The van der Waals surface area contributed by atoms with E-state index < -0.39 is 0 Å². The molecule has 0 aromatic heterocycles. The Kier molecular flexibility index (Phi) is 6.06. The van der Waals surface area contributed by atoms with E-state index in [4.69, 9.17) is 4.74 Å². The fourth-order valence-corrected chi connectivity index (χ4v) is 2.83. The fourth-order valence-electron chi connectivity index (χ4n) is 2.37. The van der Waals surface area contributed by atoms with Crippen LogP contribution in [-0.4, -0.2) is 42.6 Å². The highest BCUT2D eigenvalue weighted by molar-refractivity contribution is 9.09. The molecule has 2 nitrogen and oxygen atoms in total. The molecular formula is C11H22BrNO. The van der Waals surface area contributed by atoms with E-state index in [1.54, 1.807) is 0 Å². The standard InChI is InChI=1S/C11H22BrNO/c1-3-13(8-7-12)10-5-4-6-11(9-10)14-2/h10-11H,3-9H2,1-2H3. The van der Waals surface area contributed by atoms with Gasteiger partial charge < -0.3 is 4.74 Å². The number of alkyl halides is 1. The SMILES string of the molecule is CCN(CCBr)C1CCCC(OC)C1. The number of methoxy groups -OCH3 is 1. The minimum absolute atomic E-state index is 0.498. The van der Waals surface area contributed by atoms with Gasteiger partial charge in [0.15, 0.2) is 0 Å². The van der Waals surface area contributed by atoms with E-state index in [1.807, 2.05) is 7.11 Å². The van der Waals surface area contributed by atoms with E-state index in [9.17, 15) is 0 Å². The highest BCUT2D eigenvalue weighted by atomic mass is 79.9. The topological polar surface area (TPSA) is 12.5 Å². The van der Waals surface area contributed by atoms with Crippen molar-refractivity contribution in [3.63, 3.8) is 0 Å². The van der Waals surface area contributed by atoms with E-state index in [2.05, 4.69) is 27.8 Å². The third-order valence-electron chi connectivity index (χ3n) is 3.23. The molecule has 0 amide bonds. The second-order valence-electron chi connectivity index (χ2n) is 4.00. The second-order valence-corrected chi connectivity index (χ2v) is 4.79. The summed E-state index contributed by atoms with van der Waals surface area (Å²) in [5.74, 6) is 0. The first-order chi connectivity index (χ1) is 6.81. The molecule has 0 aliphatic heterocycles. The van der Waals surface area contributed by atoms with Gasteiger partial charge in [-0.05, 0) is 32.2 Å². The molecule has 1 aliphatic carbocycles. The van der Waals surface area contributed by atoms with Gasteiger partial charge in [-0.1, -0.05) is 22.9 Å². The highest BCUT2D eigenvalue weighted by Gasteiger charge is 2.25. The Morgan fingerprint density at radius 2 is 2.21 bits per heavy atom. The summed E-state index contributed by atoms with van der Waals surface area (Å²) < 4.78 is 5.46. The summed E-state index contributed by atoms with van der Waals surface area (Å²) in [6.45, 7) is 4.57. The van der Waals surface area contributed by atoms with Crippen LogP contribution in [0.2, 0.25) is 0 Å². The first-order valence-corrected chi connectivity index (χ1v) is 6.76. The van der Waals surface area contributed by atoms with Gasteiger partial charge in [0.2, 0.25) is 0 Å². The molecule has 1 rings (SSSR count). The summed E-state index contributed by atoms with van der Waals surface area (Å²) in [7, 11) is 1.84. The van der Waals surface area contributed by atoms with Gasteiger partial charge in [0, 0.05) is 25.0 Å². The van der Waals surface area contributed by atoms with Crippen molar-refractivity contribution in [3.8, 4) is 0 Å². The summed E-state index contributed by atoms with van der Waals surface area (Å²) in [5.41, 5.74) is 0. The predicted octanol–water partition coefficient (Wildman–Crippen LogP) is 2.66. The molecule has 0 aromatic rings. The molecule has 1 fully saturated rings. The van der Waals surface area contributed by atoms with Crippen LogP contribution in [0.25, 0.3) is 0 Å². The molecule has 0 bridgehead atoms. The molecule has 0 N–H and O–H groups in total. The van der Waals surface area contributed by atoms with Crippen LogP contribution in [0, 0.1) is 0 Å². The number of nitrogens with zero attached hydrogens (tertiary/aromatic N) is 1. The number of rotatable bonds is 5. The van der Waals surface area contributed by atoms with Gasteiger partial charge in [0.05, 0.1) is 6.10 Å². The minimum atomic E-state index is 0.498. The number of halogens is 1. The Hall–Kier alpha value is 0.400. The predicted molar refractivity (Wildman–Crippen MR) is 64.1 cm³/mol. The van der Waals surface area contributed by atoms with Crippen LogP contribution in [-0.2, 0) is 4.74 Å². The van der Waals surface area contributed by atoms with E-state index in [1.165, 1.54) is 25.7 Å². The molecule has 2 atom stereocenters. The van der Waals surface area contributed by atoms with Crippen molar-refractivity contribution in [2.24, 2.45) is 0 Å². The summed E-state index contributed by atoms with van der Waals surface area (Å²) in [6.07, 6.45) is 5.64. The molecular weight excluding hydrogens is 242 g/mol. The lowest BCUT2D eigenvalue weighted by Gasteiger charge is -2.36. The van der Waals surface area contributed by atoms with Crippen molar-refractivity contribution in [2.45, 2.75) is 44.8 Å². The average Bonchev–Trinajstić information content (AvgIpc) is 2.26. The smallest absolute Gasteiger partial charge is 0.0586 e. The van der Waals surface area contributed by atoms with Crippen LogP contribution in [0.1, 0.15) is 32.6 Å². The Labute approximate surface area is 96.1 Å². The Bertz CT molecular complexity index is 154. The minimum Gasteiger partial charge on any atom is -0.381 e. The van der Waals surface area contributed by atoms with Crippen LogP contribution < -0.4 is 0 Å². The molecule has 1 aliphatic rings. The lowest BCUT2D eigenvalue weighted by Crippen LogP contribution is -2.41. The Morgan fingerprint density at radius 1 is 1.43 bits per heavy atom. The third-order valence-corrected chi connectivity index (χ3v) is 3.58. The number of ether oxygens (including phenoxy) is 1. The molecule has 0 radical (unpaired) electrons. The van der Waals surface area contributed by atoms with E-state index in [0.717, 1.165) is 24.5 Å². The maximum atomic E-state index is 5.46. The zero-order valence-electron chi connectivity index (χ0n) is 9.34. The first-order valence-electron chi connectivity index (χ1n) is 5.64.